The Morgan fingerprint density at radius 1 is 0.966 bits per heavy atom. The molecule has 1 heterocycles. The predicted octanol–water partition coefficient (Wildman–Crippen LogP) is 1.61. The molecule has 0 aliphatic heterocycles. The van der Waals surface area contributed by atoms with Crippen LogP contribution in [0.15, 0.2) is 48.7 Å². The quantitative estimate of drug-likeness (QED) is 0.364. The fraction of sp³-hybridized carbons (Fsp3) is 0.200. The van der Waals surface area contributed by atoms with Crippen LogP contribution in [0.25, 0.3) is 10.9 Å². The minimum absolute atomic E-state index is 0.160. The van der Waals surface area contributed by atoms with Gasteiger partial charge in [0.15, 0.2) is 0 Å². The Morgan fingerprint density at radius 2 is 1.55 bits per heavy atom. The summed E-state index contributed by atoms with van der Waals surface area (Å²) < 4.78 is 13.0. The molecule has 3 aromatic rings. The monoisotopic (exact) mass is 403 g/mol. The Balaban J connectivity index is 0.000000212. The topological polar surface area (TPSA) is 163 Å². The fourth-order valence-corrected chi connectivity index (χ4v) is 2.62. The summed E-state index contributed by atoms with van der Waals surface area (Å²) in [7, 11) is 0. The van der Waals surface area contributed by atoms with Crippen molar-refractivity contribution < 1.29 is 29.3 Å². The number of carboxylic acid groups (broad SMARTS) is 2. The van der Waals surface area contributed by atoms with E-state index in [1.807, 2.05) is 0 Å². The van der Waals surface area contributed by atoms with Crippen LogP contribution in [-0.4, -0.2) is 44.3 Å². The number of halogens is 1. The van der Waals surface area contributed by atoms with Gasteiger partial charge in [0.25, 0.3) is 0 Å². The molecule has 0 amide bonds. The van der Waals surface area contributed by atoms with Gasteiger partial charge in [0.1, 0.15) is 23.7 Å². The van der Waals surface area contributed by atoms with Crippen LogP contribution < -0.4 is 11.5 Å². The number of hydrogen-bond donors (Lipinski definition) is 6. The van der Waals surface area contributed by atoms with Gasteiger partial charge in [-0.25, -0.2) is 4.39 Å². The van der Waals surface area contributed by atoms with Crippen LogP contribution in [0.5, 0.6) is 5.75 Å². The number of hydrogen-bond acceptors (Lipinski definition) is 5. The van der Waals surface area contributed by atoms with Crippen molar-refractivity contribution in [1.82, 2.24) is 4.98 Å². The average molecular weight is 403 g/mol. The molecule has 29 heavy (non-hydrogen) atoms. The van der Waals surface area contributed by atoms with E-state index in [9.17, 15) is 14.0 Å². The number of H-pyrrole nitrogens is 1. The zero-order valence-corrected chi connectivity index (χ0v) is 15.4. The first-order valence-corrected chi connectivity index (χ1v) is 8.67. The molecule has 0 aliphatic rings. The van der Waals surface area contributed by atoms with Gasteiger partial charge >= 0.3 is 11.9 Å². The number of benzene rings is 2. The van der Waals surface area contributed by atoms with Crippen LogP contribution >= 0.6 is 0 Å². The molecule has 8 nitrogen and oxygen atoms in total. The van der Waals surface area contributed by atoms with E-state index in [0.717, 1.165) is 11.1 Å². The number of nitrogens with two attached hydrogens (primary N) is 2. The summed E-state index contributed by atoms with van der Waals surface area (Å²) in [5.74, 6) is -2.27. The van der Waals surface area contributed by atoms with Gasteiger partial charge < -0.3 is 31.8 Å². The summed E-state index contributed by atoms with van der Waals surface area (Å²) in [6.45, 7) is 0. The summed E-state index contributed by atoms with van der Waals surface area (Å²) in [5, 5.41) is 26.9. The van der Waals surface area contributed by atoms with Crippen molar-refractivity contribution in [3.63, 3.8) is 0 Å². The smallest absolute Gasteiger partial charge is 0.320 e. The van der Waals surface area contributed by atoms with Crippen LogP contribution in [0.4, 0.5) is 4.39 Å². The highest BCUT2D eigenvalue weighted by Crippen LogP contribution is 2.20. The van der Waals surface area contributed by atoms with Gasteiger partial charge in [-0.3, -0.25) is 9.59 Å². The number of aliphatic carboxylic acids is 2. The van der Waals surface area contributed by atoms with Crippen molar-refractivity contribution in [3.8, 4) is 5.75 Å². The molecule has 0 fully saturated rings. The maximum absolute atomic E-state index is 13.0. The molecule has 2 aromatic carbocycles. The summed E-state index contributed by atoms with van der Waals surface area (Å²) in [6.07, 6.45) is 2.11. The lowest BCUT2D eigenvalue weighted by molar-refractivity contribution is -0.139. The number of phenolic OH excluding ortho intramolecular Hbond substituents is 1. The molecule has 0 bridgehead atoms. The lowest BCUT2D eigenvalue weighted by Crippen LogP contribution is -2.32. The van der Waals surface area contributed by atoms with E-state index in [1.165, 1.54) is 24.3 Å². The van der Waals surface area contributed by atoms with E-state index < -0.39 is 24.0 Å². The summed E-state index contributed by atoms with van der Waals surface area (Å²) >= 11 is 0. The molecule has 0 saturated carbocycles. The Hall–Kier alpha value is -3.43. The lowest BCUT2D eigenvalue weighted by atomic mass is 10.1. The second kappa shape index (κ2) is 9.67. The molecular weight excluding hydrogens is 381 g/mol. The van der Waals surface area contributed by atoms with Crippen molar-refractivity contribution in [3.05, 3.63) is 65.6 Å². The minimum atomic E-state index is -1.06. The second-order valence-corrected chi connectivity index (χ2v) is 6.47. The third-order valence-corrected chi connectivity index (χ3v) is 4.20. The molecule has 2 unspecified atom stereocenters. The van der Waals surface area contributed by atoms with Crippen molar-refractivity contribution in [1.29, 1.82) is 0 Å². The van der Waals surface area contributed by atoms with Crippen LogP contribution in [0, 0.1) is 5.82 Å². The predicted molar refractivity (Wildman–Crippen MR) is 105 cm³/mol. The molecule has 3 rings (SSSR count). The highest BCUT2D eigenvalue weighted by Gasteiger charge is 2.15. The van der Waals surface area contributed by atoms with Gasteiger partial charge in [-0.2, -0.15) is 0 Å². The van der Waals surface area contributed by atoms with Crippen LogP contribution in [0.2, 0.25) is 0 Å². The van der Waals surface area contributed by atoms with Gasteiger partial charge in [-0.1, -0.05) is 12.1 Å². The Kier molecular flexibility index (Phi) is 7.29. The number of phenols is 1. The third-order valence-electron chi connectivity index (χ3n) is 4.20. The first kappa shape index (κ1) is 21.9. The summed E-state index contributed by atoms with van der Waals surface area (Å²) in [6, 6.07) is 8.78. The van der Waals surface area contributed by atoms with E-state index in [0.29, 0.717) is 10.9 Å². The molecule has 8 N–H and O–H groups in total. The largest absolute Gasteiger partial charge is 0.508 e. The number of carbonyl (C=O) groups is 2. The molecule has 1 aromatic heterocycles. The van der Waals surface area contributed by atoms with E-state index >= 15 is 0 Å². The highest BCUT2D eigenvalue weighted by atomic mass is 19.1. The number of rotatable bonds is 6. The van der Waals surface area contributed by atoms with Crippen LogP contribution in [0.1, 0.15) is 11.1 Å². The van der Waals surface area contributed by atoms with Crippen molar-refractivity contribution >= 4 is 22.8 Å². The Morgan fingerprint density at radius 3 is 2.14 bits per heavy atom. The average Bonchev–Trinajstić information content (AvgIpc) is 3.06. The van der Waals surface area contributed by atoms with Crippen LogP contribution in [0.3, 0.4) is 0 Å². The molecule has 9 heteroatoms. The summed E-state index contributed by atoms with van der Waals surface area (Å²) in [5.41, 5.74) is 13.0. The zero-order valence-electron chi connectivity index (χ0n) is 15.4. The number of carboxylic acids is 2. The van der Waals surface area contributed by atoms with Gasteiger partial charge in [-0.05, 0) is 47.9 Å². The van der Waals surface area contributed by atoms with Gasteiger partial charge in [0, 0.05) is 23.5 Å². The number of aromatic hydroxyl groups is 1. The minimum Gasteiger partial charge on any atom is -0.508 e. The van der Waals surface area contributed by atoms with E-state index in [4.69, 9.17) is 26.8 Å². The fourth-order valence-electron chi connectivity index (χ4n) is 2.62. The lowest BCUT2D eigenvalue weighted by Gasteiger charge is -2.05. The molecule has 0 saturated heterocycles. The van der Waals surface area contributed by atoms with Crippen molar-refractivity contribution in [2.75, 3.05) is 0 Å². The van der Waals surface area contributed by atoms with E-state index in [2.05, 4.69) is 4.98 Å². The summed E-state index contributed by atoms with van der Waals surface area (Å²) in [4.78, 5) is 24.0. The maximum atomic E-state index is 13.0. The van der Waals surface area contributed by atoms with E-state index in [-0.39, 0.29) is 24.4 Å². The molecule has 0 spiro atoms. The first-order chi connectivity index (χ1) is 13.7. The number of nitrogens with one attached hydrogen (secondary N) is 1. The van der Waals surface area contributed by atoms with Crippen molar-refractivity contribution in [2.45, 2.75) is 24.9 Å². The SMILES string of the molecule is NC(Cc1c[nH]c2ccc(F)cc12)C(=O)O.NC(Cc1ccc(O)cc1)C(=O)O. The zero-order chi connectivity index (χ0) is 21.6. The van der Waals surface area contributed by atoms with Gasteiger partial charge in [0.05, 0.1) is 0 Å². The molecular formula is C20H22FN3O5. The second-order valence-electron chi connectivity index (χ2n) is 6.47. The Labute approximate surface area is 165 Å². The van der Waals surface area contributed by atoms with E-state index in [1.54, 1.807) is 24.4 Å². The molecule has 154 valence electrons. The maximum Gasteiger partial charge on any atom is 0.320 e. The highest BCUT2D eigenvalue weighted by molar-refractivity contribution is 5.84. The first-order valence-electron chi connectivity index (χ1n) is 8.67. The number of aromatic nitrogens is 1. The molecule has 2 atom stereocenters. The number of aromatic amines is 1. The molecule has 0 aliphatic carbocycles. The van der Waals surface area contributed by atoms with Gasteiger partial charge in [0.2, 0.25) is 0 Å². The Bertz CT molecular complexity index is 987. The van der Waals surface area contributed by atoms with Crippen LogP contribution in [-0.2, 0) is 22.4 Å². The van der Waals surface area contributed by atoms with Crippen molar-refractivity contribution in [2.24, 2.45) is 11.5 Å². The molecule has 0 radical (unpaired) electrons. The third kappa shape index (κ3) is 6.30. The standard InChI is InChI=1S/C11H11FN2O2.C9H11NO3/c12-7-1-2-10-8(4-7)6(5-14-10)3-9(13)11(15)16;10-8(9(12)13)5-6-1-3-7(11)4-2-6/h1-2,4-5,9,14H,3,13H2,(H,15,16);1-4,8,11H,5,10H2,(H,12,13). The van der Waals surface area contributed by atoms with Gasteiger partial charge in [-0.15, -0.1) is 0 Å². The normalized spacial score (nSPS) is 12.7. The number of fused-ring (bicyclic) bond motifs is 1.